The van der Waals surface area contributed by atoms with Crippen molar-refractivity contribution in [3.8, 4) is 22.8 Å². The van der Waals surface area contributed by atoms with E-state index in [1.54, 1.807) is 43.5 Å². The van der Waals surface area contributed by atoms with Gasteiger partial charge in [0.05, 0.1) is 26.1 Å². The fourth-order valence-electron chi connectivity index (χ4n) is 2.42. The molecule has 1 aromatic heterocycles. The number of hydrazone groups is 1. The van der Waals surface area contributed by atoms with E-state index in [0.29, 0.717) is 21.7 Å². The molecule has 28 heavy (non-hydrogen) atoms. The number of aromatic nitrogens is 2. The summed E-state index contributed by atoms with van der Waals surface area (Å²) in [6.07, 6.45) is 1.23. The van der Waals surface area contributed by atoms with Crippen molar-refractivity contribution in [1.29, 1.82) is 0 Å². The van der Waals surface area contributed by atoms with Crippen LogP contribution in [0.15, 0.2) is 52.0 Å². The second kappa shape index (κ2) is 8.66. The Kier molecular flexibility index (Phi) is 6.05. The van der Waals surface area contributed by atoms with Crippen LogP contribution in [0.5, 0.6) is 11.5 Å². The Morgan fingerprint density at radius 2 is 1.96 bits per heavy atom. The number of carbonyl (C=O) groups excluding carboxylic acids is 1. The summed E-state index contributed by atoms with van der Waals surface area (Å²) in [7, 11) is 3.09. The van der Waals surface area contributed by atoms with Crippen LogP contribution in [0.4, 0.5) is 4.39 Å². The number of amides is 1. The Morgan fingerprint density at radius 3 is 2.71 bits per heavy atom. The van der Waals surface area contributed by atoms with Crippen LogP contribution in [0.3, 0.4) is 0 Å². The molecule has 3 aromatic rings. The van der Waals surface area contributed by atoms with Crippen LogP contribution in [0.25, 0.3) is 11.3 Å². The normalized spacial score (nSPS) is 10.9. The lowest BCUT2D eigenvalue weighted by atomic mass is 10.1. The first-order valence-electron chi connectivity index (χ1n) is 8.08. The summed E-state index contributed by atoms with van der Waals surface area (Å²) in [6, 6.07) is 11.3. The molecule has 144 valence electrons. The van der Waals surface area contributed by atoms with Crippen molar-refractivity contribution in [2.75, 3.05) is 14.2 Å². The zero-order chi connectivity index (χ0) is 20.1. The van der Waals surface area contributed by atoms with Gasteiger partial charge in [0.15, 0.2) is 11.5 Å². The maximum absolute atomic E-state index is 13.7. The van der Waals surface area contributed by atoms with Crippen molar-refractivity contribution in [3.05, 3.63) is 64.0 Å². The summed E-state index contributed by atoms with van der Waals surface area (Å²) in [6.45, 7) is 0. The predicted octanol–water partition coefficient (Wildman–Crippen LogP) is 3.76. The Labute approximate surface area is 168 Å². The predicted molar refractivity (Wildman–Crippen MR) is 106 cm³/mol. The zero-order valence-electron chi connectivity index (χ0n) is 15.0. The van der Waals surface area contributed by atoms with Gasteiger partial charge < -0.3 is 9.47 Å². The molecule has 0 aliphatic rings. The van der Waals surface area contributed by atoms with Gasteiger partial charge in [0.1, 0.15) is 11.5 Å². The number of H-pyrrole nitrogens is 1. The number of nitrogens with zero attached hydrogens (tertiary/aromatic N) is 2. The van der Waals surface area contributed by atoms with Gasteiger partial charge in [-0.2, -0.15) is 10.2 Å². The first-order valence-corrected chi connectivity index (χ1v) is 8.87. The Morgan fingerprint density at radius 1 is 1.18 bits per heavy atom. The SMILES string of the molecule is COc1ccc(-c2cc(C(=O)NN=Cc3cc(Br)ccc3F)[nH]n2)cc1OC. The van der Waals surface area contributed by atoms with Crippen molar-refractivity contribution in [3.63, 3.8) is 0 Å². The molecule has 0 saturated heterocycles. The van der Waals surface area contributed by atoms with Crippen LogP contribution in [0.1, 0.15) is 16.1 Å². The lowest BCUT2D eigenvalue weighted by Gasteiger charge is -2.08. The molecule has 0 unspecified atom stereocenters. The highest BCUT2D eigenvalue weighted by Crippen LogP contribution is 2.31. The minimum absolute atomic E-state index is 0.205. The number of ether oxygens (including phenoxy) is 2. The van der Waals surface area contributed by atoms with E-state index in [4.69, 9.17) is 9.47 Å². The van der Waals surface area contributed by atoms with Gasteiger partial charge in [-0.15, -0.1) is 0 Å². The highest BCUT2D eigenvalue weighted by molar-refractivity contribution is 9.10. The lowest BCUT2D eigenvalue weighted by molar-refractivity contribution is 0.0950. The average molecular weight is 447 g/mol. The molecule has 0 radical (unpaired) electrons. The first kappa shape index (κ1) is 19.6. The van der Waals surface area contributed by atoms with Crippen LogP contribution >= 0.6 is 15.9 Å². The van der Waals surface area contributed by atoms with Crippen molar-refractivity contribution in [2.45, 2.75) is 0 Å². The van der Waals surface area contributed by atoms with E-state index in [2.05, 4.69) is 36.7 Å². The van der Waals surface area contributed by atoms with E-state index in [1.165, 1.54) is 19.4 Å². The molecule has 0 atom stereocenters. The number of carbonyl (C=O) groups is 1. The Balaban J connectivity index is 1.72. The topological polar surface area (TPSA) is 88.6 Å². The number of nitrogens with one attached hydrogen (secondary N) is 2. The van der Waals surface area contributed by atoms with Crippen LogP contribution in [-0.2, 0) is 0 Å². The van der Waals surface area contributed by atoms with Crippen LogP contribution in [0.2, 0.25) is 0 Å². The smallest absolute Gasteiger partial charge is 0.289 e. The van der Waals surface area contributed by atoms with E-state index in [-0.39, 0.29) is 11.3 Å². The van der Waals surface area contributed by atoms with Gasteiger partial charge in [-0.25, -0.2) is 9.82 Å². The fourth-order valence-corrected chi connectivity index (χ4v) is 2.79. The maximum atomic E-state index is 13.7. The van der Waals surface area contributed by atoms with Gasteiger partial charge in [-0.1, -0.05) is 15.9 Å². The minimum Gasteiger partial charge on any atom is -0.493 e. The summed E-state index contributed by atoms with van der Waals surface area (Å²) < 4.78 is 24.8. The average Bonchev–Trinajstić information content (AvgIpc) is 3.20. The molecule has 9 heteroatoms. The maximum Gasteiger partial charge on any atom is 0.289 e. The molecule has 0 bridgehead atoms. The van der Waals surface area contributed by atoms with Gasteiger partial charge in [0.2, 0.25) is 0 Å². The fraction of sp³-hybridized carbons (Fsp3) is 0.105. The molecule has 2 aromatic carbocycles. The van der Waals surface area contributed by atoms with Gasteiger partial charge in [-0.3, -0.25) is 9.89 Å². The van der Waals surface area contributed by atoms with Crippen LogP contribution in [0, 0.1) is 5.82 Å². The van der Waals surface area contributed by atoms with Crippen LogP contribution < -0.4 is 14.9 Å². The monoisotopic (exact) mass is 446 g/mol. The highest BCUT2D eigenvalue weighted by Gasteiger charge is 2.12. The summed E-state index contributed by atoms with van der Waals surface area (Å²) in [5.74, 6) is 0.188. The molecule has 0 saturated carbocycles. The minimum atomic E-state index is -0.508. The molecular formula is C19H16BrFN4O3. The van der Waals surface area contributed by atoms with Gasteiger partial charge >= 0.3 is 0 Å². The molecule has 0 spiro atoms. The summed E-state index contributed by atoms with van der Waals surface area (Å²) in [5.41, 5.74) is 4.07. The second-order valence-electron chi connectivity index (χ2n) is 5.60. The molecule has 1 amide bonds. The van der Waals surface area contributed by atoms with Crippen LogP contribution in [-0.4, -0.2) is 36.5 Å². The molecule has 0 aliphatic heterocycles. The number of rotatable bonds is 6. The number of aromatic amines is 1. The summed E-state index contributed by atoms with van der Waals surface area (Å²) >= 11 is 3.25. The van der Waals surface area contributed by atoms with Gasteiger partial charge in [-0.05, 0) is 42.5 Å². The van der Waals surface area contributed by atoms with Crippen molar-refractivity contribution < 1.29 is 18.7 Å². The summed E-state index contributed by atoms with van der Waals surface area (Å²) in [5, 5.41) is 10.6. The first-order chi connectivity index (χ1) is 13.5. The van der Waals surface area contributed by atoms with Gasteiger partial charge in [0.25, 0.3) is 5.91 Å². The standard InChI is InChI=1S/C19H16BrFN4O3/c1-27-17-6-3-11(8-18(17)28-2)15-9-16(24-23-15)19(26)25-22-10-12-7-13(20)4-5-14(12)21/h3-10H,1-2H3,(H,23,24)(H,25,26). The number of hydrogen-bond donors (Lipinski definition) is 2. The number of benzene rings is 2. The third kappa shape index (κ3) is 4.37. The largest absolute Gasteiger partial charge is 0.493 e. The number of methoxy groups -OCH3 is 2. The quantitative estimate of drug-likeness (QED) is 0.445. The Bertz CT molecular complexity index is 1040. The molecule has 0 aliphatic carbocycles. The Hall–Kier alpha value is -3.20. The lowest BCUT2D eigenvalue weighted by Crippen LogP contribution is -2.18. The van der Waals surface area contributed by atoms with E-state index >= 15 is 0 Å². The van der Waals surface area contributed by atoms with E-state index in [0.717, 1.165) is 5.56 Å². The van der Waals surface area contributed by atoms with E-state index < -0.39 is 11.7 Å². The second-order valence-corrected chi connectivity index (χ2v) is 6.52. The third-order valence-electron chi connectivity index (χ3n) is 3.83. The molecule has 1 heterocycles. The van der Waals surface area contributed by atoms with Crippen molar-refractivity contribution in [1.82, 2.24) is 15.6 Å². The van der Waals surface area contributed by atoms with Crippen molar-refractivity contribution in [2.24, 2.45) is 5.10 Å². The zero-order valence-corrected chi connectivity index (χ0v) is 16.6. The number of halogens is 2. The third-order valence-corrected chi connectivity index (χ3v) is 4.32. The molecule has 0 fully saturated rings. The highest BCUT2D eigenvalue weighted by atomic mass is 79.9. The van der Waals surface area contributed by atoms with E-state index in [9.17, 15) is 9.18 Å². The van der Waals surface area contributed by atoms with E-state index in [1.807, 2.05) is 0 Å². The van der Waals surface area contributed by atoms with Crippen molar-refractivity contribution >= 4 is 28.1 Å². The number of hydrogen-bond acceptors (Lipinski definition) is 5. The molecular weight excluding hydrogens is 431 g/mol. The molecule has 3 rings (SSSR count). The van der Waals surface area contributed by atoms with Gasteiger partial charge in [0, 0.05) is 15.6 Å². The molecule has 7 nitrogen and oxygen atoms in total. The summed E-state index contributed by atoms with van der Waals surface area (Å²) in [4.78, 5) is 12.2. The molecule has 2 N–H and O–H groups in total.